The molecule has 2 nitrogen and oxygen atoms in total. The van der Waals surface area contributed by atoms with Crippen molar-refractivity contribution in [3.8, 4) is 0 Å². The second-order valence-corrected chi connectivity index (χ2v) is 4.11. The topological polar surface area (TPSA) is 21.3 Å². The van der Waals surface area contributed by atoms with E-state index in [1.807, 2.05) is 7.05 Å². The van der Waals surface area contributed by atoms with Crippen LogP contribution in [0.5, 0.6) is 0 Å². The maximum Gasteiger partial charge on any atom is 0.0575 e. The third kappa shape index (κ3) is 4.63. The summed E-state index contributed by atoms with van der Waals surface area (Å²) in [6, 6.07) is 0.656. The molecule has 0 radical (unpaired) electrons. The van der Waals surface area contributed by atoms with Crippen molar-refractivity contribution < 1.29 is 4.74 Å². The Morgan fingerprint density at radius 3 is 2.69 bits per heavy atom. The van der Waals surface area contributed by atoms with E-state index < -0.39 is 0 Å². The van der Waals surface area contributed by atoms with E-state index in [0.29, 0.717) is 12.1 Å². The van der Waals surface area contributed by atoms with Gasteiger partial charge in [0.05, 0.1) is 6.10 Å². The van der Waals surface area contributed by atoms with Crippen molar-refractivity contribution in [3.05, 3.63) is 0 Å². The average Bonchev–Trinajstić information content (AvgIpc) is 2.07. The summed E-state index contributed by atoms with van der Waals surface area (Å²) < 4.78 is 5.67. The van der Waals surface area contributed by atoms with Gasteiger partial charge in [-0.05, 0) is 52.5 Å². The standard InChI is InChI=1S/C11H23NO/c1-10(12-2)6-3-4-9-13-11-7-5-8-11/h10-12H,3-9H2,1-2H3. The molecule has 2 heteroatoms. The van der Waals surface area contributed by atoms with Crippen LogP contribution in [-0.4, -0.2) is 25.8 Å². The molecular weight excluding hydrogens is 162 g/mol. The van der Waals surface area contributed by atoms with E-state index in [1.54, 1.807) is 0 Å². The summed E-state index contributed by atoms with van der Waals surface area (Å²) in [7, 11) is 2.02. The molecule has 1 rings (SSSR count). The minimum Gasteiger partial charge on any atom is -0.378 e. The summed E-state index contributed by atoms with van der Waals surface area (Å²) in [5.74, 6) is 0. The Morgan fingerprint density at radius 1 is 1.38 bits per heavy atom. The second kappa shape index (κ2) is 6.39. The molecule has 1 aliphatic carbocycles. The van der Waals surface area contributed by atoms with Crippen LogP contribution in [0.25, 0.3) is 0 Å². The minimum absolute atomic E-state index is 0.613. The Morgan fingerprint density at radius 2 is 2.15 bits per heavy atom. The SMILES string of the molecule is CNC(C)CCCCOC1CCC1. The molecular formula is C11H23NO. The lowest BCUT2D eigenvalue weighted by Gasteiger charge is -2.25. The highest BCUT2D eigenvalue weighted by atomic mass is 16.5. The zero-order chi connectivity index (χ0) is 9.52. The number of unbranched alkanes of at least 4 members (excludes halogenated alkanes) is 1. The molecule has 13 heavy (non-hydrogen) atoms. The van der Waals surface area contributed by atoms with Crippen LogP contribution in [0.4, 0.5) is 0 Å². The number of rotatable bonds is 7. The highest BCUT2D eigenvalue weighted by molar-refractivity contribution is 4.68. The van der Waals surface area contributed by atoms with E-state index in [-0.39, 0.29) is 0 Å². The molecule has 0 aliphatic heterocycles. The molecule has 1 aliphatic rings. The molecule has 78 valence electrons. The average molecular weight is 185 g/mol. The summed E-state index contributed by atoms with van der Waals surface area (Å²) in [5, 5.41) is 3.25. The first kappa shape index (κ1) is 11.0. The van der Waals surface area contributed by atoms with Crippen LogP contribution in [0, 0.1) is 0 Å². The highest BCUT2D eigenvalue weighted by Gasteiger charge is 2.16. The summed E-state index contributed by atoms with van der Waals surface area (Å²) in [6.07, 6.45) is 8.37. The fourth-order valence-electron chi connectivity index (χ4n) is 1.48. The van der Waals surface area contributed by atoms with Crippen molar-refractivity contribution in [2.75, 3.05) is 13.7 Å². The summed E-state index contributed by atoms with van der Waals surface area (Å²) in [5.41, 5.74) is 0. The van der Waals surface area contributed by atoms with E-state index in [4.69, 9.17) is 4.74 Å². The molecule has 0 aromatic carbocycles. The molecule has 1 saturated carbocycles. The van der Waals surface area contributed by atoms with E-state index in [9.17, 15) is 0 Å². The minimum atomic E-state index is 0.613. The maximum absolute atomic E-state index is 5.67. The van der Waals surface area contributed by atoms with E-state index >= 15 is 0 Å². The zero-order valence-electron chi connectivity index (χ0n) is 9.01. The molecule has 0 heterocycles. The first-order valence-corrected chi connectivity index (χ1v) is 5.62. The molecule has 0 aromatic rings. The van der Waals surface area contributed by atoms with Gasteiger partial charge in [0.2, 0.25) is 0 Å². The quantitative estimate of drug-likeness (QED) is 0.615. The molecule has 0 saturated heterocycles. The first-order valence-electron chi connectivity index (χ1n) is 5.62. The molecule has 1 N–H and O–H groups in total. The van der Waals surface area contributed by atoms with Gasteiger partial charge < -0.3 is 10.1 Å². The lowest BCUT2D eigenvalue weighted by molar-refractivity contribution is 0.000524. The summed E-state index contributed by atoms with van der Waals surface area (Å²) in [6.45, 7) is 3.20. The number of hydrogen-bond donors (Lipinski definition) is 1. The second-order valence-electron chi connectivity index (χ2n) is 4.11. The Balaban J connectivity index is 1.78. The van der Waals surface area contributed by atoms with Crippen LogP contribution in [0.2, 0.25) is 0 Å². The Labute approximate surface area is 82.0 Å². The van der Waals surface area contributed by atoms with Crippen LogP contribution in [0.1, 0.15) is 45.4 Å². The molecule has 1 fully saturated rings. The zero-order valence-corrected chi connectivity index (χ0v) is 9.01. The van der Waals surface area contributed by atoms with Crippen molar-refractivity contribution in [1.29, 1.82) is 0 Å². The molecule has 0 spiro atoms. The lowest BCUT2D eigenvalue weighted by atomic mass is 9.96. The van der Waals surface area contributed by atoms with Crippen LogP contribution >= 0.6 is 0 Å². The summed E-state index contributed by atoms with van der Waals surface area (Å²) in [4.78, 5) is 0. The van der Waals surface area contributed by atoms with Gasteiger partial charge in [-0.2, -0.15) is 0 Å². The van der Waals surface area contributed by atoms with Crippen molar-refractivity contribution in [2.24, 2.45) is 0 Å². The fourth-order valence-corrected chi connectivity index (χ4v) is 1.48. The molecule has 0 bridgehead atoms. The Bertz CT molecular complexity index is 117. The van der Waals surface area contributed by atoms with Gasteiger partial charge in [0.1, 0.15) is 0 Å². The van der Waals surface area contributed by atoms with Gasteiger partial charge >= 0.3 is 0 Å². The van der Waals surface area contributed by atoms with Crippen molar-refractivity contribution >= 4 is 0 Å². The largest absolute Gasteiger partial charge is 0.378 e. The Kier molecular flexibility index (Phi) is 5.40. The summed E-state index contributed by atoms with van der Waals surface area (Å²) >= 11 is 0. The van der Waals surface area contributed by atoms with Crippen LogP contribution in [-0.2, 0) is 4.74 Å². The van der Waals surface area contributed by atoms with E-state index in [2.05, 4.69) is 12.2 Å². The van der Waals surface area contributed by atoms with Gasteiger partial charge in [0.15, 0.2) is 0 Å². The van der Waals surface area contributed by atoms with Crippen molar-refractivity contribution in [3.63, 3.8) is 0 Å². The maximum atomic E-state index is 5.67. The number of hydrogen-bond acceptors (Lipinski definition) is 2. The van der Waals surface area contributed by atoms with Gasteiger partial charge in [-0.1, -0.05) is 0 Å². The van der Waals surface area contributed by atoms with Gasteiger partial charge in [0, 0.05) is 12.6 Å². The molecule has 0 aromatic heterocycles. The van der Waals surface area contributed by atoms with Crippen LogP contribution in [0.3, 0.4) is 0 Å². The smallest absolute Gasteiger partial charge is 0.0575 e. The predicted molar refractivity (Wildman–Crippen MR) is 56.0 cm³/mol. The highest BCUT2D eigenvalue weighted by Crippen LogP contribution is 2.22. The van der Waals surface area contributed by atoms with Crippen LogP contribution in [0.15, 0.2) is 0 Å². The van der Waals surface area contributed by atoms with Gasteiger partial charge in [0.25, 0.3) is 0 Å². The molecule has 0 amide bonds. The normalized spacial score (nSPS) is 19.8. The van der Waals surface area contributed by atoms with Gasteiger partial charge in [-0.3, -0.25) is 0 Å². The monoisotopic (exact) mass is 185 g/mol. The van der Waals surface area contributed by atoms with Gasteiger partial charge in [-0.15, -0.1) is 0 Å². The van der Waals surface area contributed by atoms with Crippen molar-refractivity contribution in [1.82, 2.24) is 5.32 Å². The third-order valence-corrected chi connectivity index (χ3v) is 2.93. The molecule has 1 atom stereocenters. The third-order valence-electron chi connectivity index (χ3n) is 2.93. The lowest BCUT2D eigenvalue weighted by Crippen LogP contribution is -2.23. The predicted octanol–water partition coefficient (Wildman–Crippen LogP) is 2.33. The Hall–Kier alpha value is -0.0800. The fraction of sp³-hybridized carbons (Fsp3) is 1.00. The van der Waals surface area contributed by atoms with E-state index in [1.165, 1.54) is 38.5 Å². The number of nitrogens with one attached hydrogen (secondary N) is 1. The van der Waals surface area contributed by atoms with Crippen molar-refractivity contribution in [2.45, 2.75) is 57.6 Å². The first-order chi connectivity index (χ1) is 6.33. The van der Waals surface area contributed by atoms with Gasteiger partial charge in [-0.25, -0.2) is 0 Å². The molecule has 1 unspecified atom stereocenters. The van der Waals surface area contributed by atoms with Crippen LogP contribution < -0.4 is 5.32 Å². The number of ether oxygens (including phenoxy) is 1. The van der Waals surface area contributed by atoms with E-state index in [0.717, 1.165) is 6.61 Å².